The van der Waals surface area contributed by atoms with Gasteiger partial charge in [0.05, 0.1) is 11.3 Å². The topological polar surface area (TPSA) is 68.3 Å². The van der Waals surface area contributed by atoms with E-state index in [1.54, 1.807) is 6.07 Å². The van der Waals surface area contributed by atoms with Gasteiger partial charge in [0.15, 0.2) is 0 Å². The summed E-state index contributed by atoms with van der Waals surface area (Å²) in [6.07, 6.45) is -1.94. The molecular formula is C19H20F4N2O3S. The molecule has 1 N–H and O–H groups in total. The zero-order chi connectivity index (χ0) is 21.1. The summed E-state index contributed by atoms with van der Waals surface area (Å²) >= 11 is 0. The molecule has 1 aliphatic carbocycles. The van der Waals surface area contributed by atoms with E-state index in [0.29, 0.717) is 25.7 Å². The molecule has 1 heterocycles. The van der Waals surface area contributed by atoms with Crippen LogP contribution in [0.5, 0.6) is 5.88 Å². The first-order valence-corrected chi connectivity index (χ1v) is 10.7. The number of nitrogens with zero attached hydrogens (tertiary/aromatic N) is 1. The summed E-state index contributed by atoms with van der Waals surface area (Å²) in [6, 6.07) is 7.49. The van der Waals surface area contributed by atoms with Crippen LogP contribution in [0.1, 0.15) is 36.8 Å². The Balaban J connectivity index is 1.49. The highest BCUT2D eigenvalue weighted by Crippen LogP contribution is 2.30. The Labute approximate surface area is 166 Å². The summed E-state index contributed by atoms with van der Waals surface area (Å²) in [4.78, 5) is 3.68. The van der Waals surface area contributed by atoms with Crippen molar-refractivity contribution in [1.82, 2.24) is 9.71 Å². The Morgan fingerprint density at radius 1 is 1.07 bits per heavy atom. The molecule has 29 heavy (non-hydrogen) atoms. The average Bonchev–Trinajstić information content (AvgIpc) is 2.65. The summed E-state index contributed by atoms with van der Waals surface area (Å²) in [5, 5.41) is 0. The van der Waals surface area contributed by atoms with Gasteiger partial charge >= 0.3 is 6.18 Å². The fraction of sp³-hybridized carbons (Fsp3) is 0.421. The normalized spacial score (nSPS) is 20.4. The zero-order valence-electron chi connectivity index (χ0n) is 15.3. The summed E-state index contributed by atoms with van der Waals surface area (Å²) in [5.41, 5.74) is -0.747. The van der Waals surface area contributed by atoms with E-state index in [0.717, 1.165) is 12.3 Å². The first-order chi connectivity index (χ1) is 13.6. The van der Waals surface area contributed by atoms with Crippen LogP contribution in [0.3, 0.4) is 0 Å². The van der Waals surface area contributed by atoms with Crippen molar-refractivity contribution in [3.63, 3.8) is 0 Å². The average molecular weight is 432 g/mol. The van der Waals surface area contributed by atoms with Crippen molar-refractivity contribution in [3.8, 4) is 5.88 Å². The van der Waals surface area contributed by atoms with Crippen LogP contribution in [-0.2, 0) is 22.0 Å². The molecule has 0 aliphatic heterocycles. The first-order valence-electron chi connectivity index (χ1n) is 9.06. The van der Waals surface area contributed by atoms with Crippen LogP contribution >= 0.6 is 0 Å². The third kappa shape index (κ3) is 6.14. The lowest BCUT2D eigenvalue weighted by atomic mass is 9.94. The smallest absolute Gasteiger partial charge is 0.417 e. The van der Waals surface area contributed by atoms with Crippen LogP contribution in [0.4, 0.5) is 17.6 Å². The van der Waals surface area contributed by atoms with Crippen molar-refractivity contribution in [2.75, 3.05) is 0 Å². The molecule has 0 saturated heterocycles. The highest BCUT2D eigenvalue weighted by Gasteiger charge is 2.31. The summed E-state index contributed by atoms with van der Waals surface area (Å²) in [5.74, 6) is -0.911. The second kappa shape index (κ2) is 8.66. The minimum absolute atomic E-state index is 0.0987. The lowest BCUT2D eigenvalue weighted by Crippen LogP contribution is -2.40. The number of rotatable bonds is 6. The van der Waals surface area contributed by atoms with Gasteiger partial charge in [-0.05, 0) is 37.8 Å². The summed E-state index contributed by atoms with van der Waals surface area (Å²) in [7, 11) is -3.70. The van der Waals surface area contributed by atoms with Gasteiger partial charge in [0.2, 0.25) is 15.9 Å². The van der Waals surface area contributed by atoms with E-state index < -0.39 is 33.3 Å². The Hall–Kier alpha value is -2.20. The molecule has 1 aromatic heterocycles. The standard InChI is InChI=1S/C19H20F4N2O3S/c20-17-4-2-1-3-13(17)12-29(26,27)25-15-6-8-16(9-7-15)28-18-10-5-14(11-24-18)19(21,22)23/h1-5,10-11,15-16,25H,6-9,12H2. The van der Waals surface area contributed by atoms with Crippen molar-refractivity contribution in [3.05, 3.63) is 59.5 Å². The number of nitrogens with one attached hydrogen (secondary N) is 1. The van der Waals surface area contributed by atoms with E-state index in [-0.39, 0.29) is 23.6 Å². The number of sulfonamides is 1. The highest BCUT2D eigenvalue weighted by atomic mass is 32.2. The summed E-state index contributed by atoms with van der Waals surface area (Å²) < 4.78 is 84.1. The fourth-order valence-electron chi connectivity index (χ4n) is 3.20. The second-order valence-electron chi connectivity index (χ2n) is 6.94. The lowest BCUT2D eigenvalue weighted by Gasteiger charge is -2.29. The van der Waals surface area contributed by atoms with Crippen LogP contribution in [0.15, 0.2) is 42.6 Å². The Morgan fingerprint density at radius 2 is 1.76 bits per heavy atom. The number of pyridine rings is 1. The van der Waals surface area contributed by atoms with Gasteiger partial charge in [-0.3, -0.25) is 0 Å². The molecule has 5 nitrogen and oxygen atoms in total. The molecule has 10 heteroatoms. The molecule has 0 bridgehead atoms. The SMILES string of the molecule is O=S(=O)(Cc1ccccc1F)NC1CCC(Oc2ccc(C(F)(F)F)cn2)CC1. The number of alkyl halides is 3. The second-order valence-corrected chi connectivity index (χ2v) is 8.70. The van der Waals surface area contributed by atoms with Crippen molar-refractivity contribution in [2.45, 2.75) is 49.8 Å². The molecule has 2 aromatic rings. The molecule has 0 atom stereocenters. The molecule has 0 unspecified atom stereocenters. The van der Waals surface area contributed by atoms with Gasteiger partial charge in [0.25, 0.3) is 0 Å². The van der Waals surface area contributed by atoms with Gasteiger partial charge in [0, 0.05) is 23.9 Å². The largest absolute Gasteiger partial charge is 0.474 e. The van der Waals surface area contributed by atoms with Gasteiger partial charge in [-0.2, -0.15) is 13.2 Å². The maximum absolute atomic E-state index is 13.7. The van der Waals surface area contributed by atoms with Crippen molar-refractivity contribution in [2.24, 2.45) is 0 Å². The first kappa shape index (κ1) is 21.5. The number of benzene rings is 1. The third-order valence-electron chi connectivity index (χ3n) is 4.67. The molecule has 158 valence electrons. The van der Waals surface area contributed by atoms with E-state index in [1.807, 2.05) is 0 Å². The van der Waals surface area contributed by atoms with Crippen molar-refractivity contribution in [1.29, 1.82) is 0 Å². The summed E-state index contributed by atoms with van der Waals surface area (Å²) in [6.45, 7) is 0. The van der Waals surface area contributed by atoms with Crippen LogP contribution in [0, 0.1) is 5.82 Å². The van der Waals surface area contributed by atoms with Crippen LogP contribution in [0.2, 0.25) is 0 Å². The molecular weight excluding hydrogens is 412 g/mol. The van der Waals surface area contributed by atoms with Gasteiger partial charge in [0.1, 0.15) is 11.9 Å². The van der Waals surface area contributed by atoms with Gasteiger partial charge in [-0.25, -0.2) is 22.5 Å². The van der Waals surface area contributed by atoms with Crippen LogP contribution in [-0.4, -0.2) is 25.5 Å². The van der Waals surface area contributed by atoms with E-state index >= 15 is 0 Å². The molecule has 1 fully saturated rings. The molecule has 0 radical (unpaired) electrons. The van der Waals surface area contributed by atoms with Gasteiger partial charge < -0.3 is 4.74 Å². The molecule has 3 rings (SSSR count). The molecule has 0 spiro atoms. The maximum Gasteiger partial charge on any atom is 0.417 e. The molecule has 0 amide bonds. The van der Waals surface area contributed by atoms with Crippen molar-refractivity contribution < 1.29 is 30.7 Å². The highest BCUT2D eigenvalue weighted by molar-refractivity contribution is 7.88. The van der Waals surface area contributed by atoms with E-state index in [9.17, 15) is 26.0 Å². The Morgan fingerprint density at radius 3 is 2.34 bits per heavy atom. The van der Waals surface area contributed by atoms with Crippen LogP contribution < -0.4 is 9.46 Å². The lowest BCUT2D eigenvalue weighted by molar-refractivity contribution is -0.137. The molecule has 1 aliphatic rings. The van der Waals surface area contributed by atoms with Gasteiger partial charge in [-0.1, -0.05) is 18.2 Å². The minimum atomic E-state index is -4.45. The van der Waals surface area contributed by atoms with E-state index in [1.165, 1.54) is 24.3 Å². The Bertz CT molecular complexity index is 925. The predicted molar refractivity (Wildman–Crippen MR) is 98.1 cm³/mol. The fourth-order valence-corrected chi connectivity index (χ4v) is 4.67. The number of aromatic nitrogens is 1. The minimum Gasteiger partial charge on any atom is -0.474 e. The number of hydrogen-bond donors (Lipinski definition) is 1. The monoisotopic (exact) mass is 432 g/mol. The van der Waals surface area contributed by atoms with Gasteiger partial charge in [-0.15, -0.1) is 0 Å². The van der Waals surface area contributed by atoms with E-state index in [4.69, 9.17) is 4.74 Å². The zero-order valence-corrected chi connectivity index (χ0v) is 16.1. The third-order valence-corrected chi connectivity index (χ3v) is 6.06. The number of ether oxygens (including phenoxy) is 1. The quantitative estimate of drug-likeness (QED) is 0.700. The van der Waals surface area contributed by atoms with Crippen LogP contribution in [0.25, 0.3) is 0 Å². The predicted octanol–water partition coefficient (Wildman–Crippen LogP) is 4.05. The number of hydrogen-bond acceptors (Lipinski definition) is 4. The van der Waals surface area contributed by atoms with E-state index in [2.05, 4.69) is 9.71 Å². The number of halogens is 4. The van der Waals surface area contributed by atoms with Crippen molar-refractivity contribution >= 4 is 10.0 Å². The Kier molecular flexibility index (Phi) is 6.42. The molecule has 1 saturated carbocycles. The maximum atomic E-state index is 13.7. The molecule has 1 aromatic carbocycles.